The summed E-state index contributed by atoms with van der Waals surface area (Å²) in [5.74, 6) is -3.37. The van der Waals surface area contributed by atoms with Crippen LogP contribution in [0.3, 0.4) is 0 Å². The Bertz CT molecular complexity index is 854. The second-order valence-electron chi connectivity index (χ2n) is 5.70. The molecule has 27 heavy (non-hydrogen) atoms. The van der Waals surface area contributed by atoms with Gasteiger partial charge in [-0.3, -0.25) is 0 Å². The Morgan fingerprint density at radius 3 is 2.33 bits per heavy atom. The number of pyridine rings is 1. The van der Waals surface area contributed by atoms with Gasteiger partial charge in [-0.15, -0.1) is 0 Å². The summed E-state index contributed by atoms with van der Waals surface area (Å²) >= 11 is 6.26. The van der Waals surface area contributed by atoms with Gasteiger partial charge in [0.15, 0.2) is 0 Å². The monoisotopic (exact) mass is 411 g/mol. The zero-order valence-corrected chi connectivity index (χ0v) is 14.8. The summed E-state index contributed by atoms with van der Waals surface area (Å²) in [6.45, 7) is 5.12. The van der Waals surface area contributed by atoms with E-state index in [2.05, 4.69) is 15.2 Å². The highest BCUT2D eigenvalue weighted by Crippen LogP contribution is 2.34. The van der Waals surface area contributed by atoms with Crippen molar-refractivity contribution in [3.05, 3.63) is 34.4 Å². The summed E-state index contributed by atoms with van der Waals surface area (Å²) in [6.07, 6.45) is -5.08. The number of aliphatic carboxylic acids is 1. The van der Waals surface area contributed by atoms with Gasteiger partial charge in [-0.05, 0) is 6.92 Å². The van der Waals surface area contributed by atoms with Crippen molar-refractivity contribution in [3.8, 4) is 0 Å². The van der Waals surface area contributed by atoms with Crippen LogP contribution in [0.4, 0.5) is 27.8 Å². The fourth-order valence-corrected chi connectivity index (χ4v) is 2.81. The van der Waals surface area contributed by atoms with Gasteiger partial charge in [-0.25, -0.2) is 18.6 Å². The van der Waals surface area contributed by atoms with Gasteiger partial charge in [0, 0.05) is 43.9 Å². The van der Waals surface area contributed by atoms with E-state index < -0.39 is 23.8 Å². The molecule has 0 amide bonds. The maximum absolute atomic E-state index is 13.9. The standard InChI is InChI=1S/C14H14ClF2N3.C2HF3O2/c1-8-13(15)12-10(17)6-9(16)7-11(12)19-14(8)20-4-2-18-3-5-20;3-2(4,5)1(6)7/h6-7,18H,2-5H2,1H3;(H,6,7). The summed E-state index contributed by atoms with van der Waals surface area (Å²) in [6, 6.07) is 2.05. The van der Waals surface area contributed by atoms with Crippen LogP contribution in [0.2, 0.25) is 5.02 Å². The Morgan fingerprint density at radius 2 is 1.81 bits per heavy atom. The Kier molecular flexibility index (Phi) is 6.42. The highest BCUT2D eigenvalue weighted by molar-refractivity contribution is 6.36. The molecule has 0 aliphatic carbocycles. The molecule has 5 nitrogen and oxygen atoms in total. The number of hydrogen-bond acceptors (Lipinski definition) is 4. The van der Waals surface area contributed by atoms with Crippen molar-refractivity contribution in [1.29, 1.82) is 0 Å². The van der Waals surface area contributed by atoms with Crippen LogP contribution in [0.15, 0.2) is 12.1 Å². The molecule has 2 heterocycles. The molecule has 1 saturated heterocycles. The minimum atomic E-state index is -5.08. The minimum Gasteiger partial charge on any atom is -0.475 e. The van der Waals surface area contributed by atoms with E-state index in [4.69, 9.17) is 21.5 Å². The second kappa shape index (κ2) is 8.22. The number of carboxylic acids is 1. The first-order valence-corrected chi connectivity index (χ1v) is 8.10. The highest BCUT2D eigenvalue weighted by Gasteiger charge is 2.38. The van der Waals surface area contributed by atoms with E-state index in [1.807, 2.05) is 6.92 Å². The third-order valence-corrected chi connectivity index (χ3v) is 4.28. The third-order valence-electron chi connectivity index (χ3n) is 3.80. The van der Waals surface area contributed by atoms with Gasteiger partial charge in [0.25, 0.3) is 0 Å². The topological polar surface area (TPSA) is 65.5 Å². The third kappa shape index (κ3) is 4.95. The van der Waals surface area contributed by atoms with Gasteiger partial charge in [0.05, 0.1) is 15.9 Å². The van der Waals surface area contributed by atoms with Crippen LogP contribution in [0.25, 0.3) is 10.9 Å². The lowest BCUT2D eigenvalue weighted by atomic mass is 10.1. The number of fused-ring (bicyclic) bond motifs is 1. The van der Waals surface area contributed by atoms with Crippen molar-refractivity contribution in [2.24, 2.45) is 0 Å². The van der Waals surface area contributed by atoms with E-state index in [0.29, 0.717) is 10.8 Å². The number of piperazine rings is 1. The number of carbonyl (C=O) groups is 1. The lowest BCUT2D eigenvalue weighted by molar-refractivity contribution is -0.192. The van der Waals surface area contributed by atoms with Crippen LogP contribution >= 0.6 is 11.6 Å². The second-order valence-corrected chi connectivity index (χ2v) is 6.07. The molecule has 1 aliphatic heterocycles. The summed E-state index contributed by atoms with van der Waals surface area (Å²) in [4.78, 5) is 15.4. The fraction of sp³-hybridized carbons (Fsp3) is 0.375. The minimum absolute atomic E-state index is 0.185. The van der Waals surface area contributed by atoms with Gasteiger partial charge in [0.2, 0.25) is 0 Å². The number of aromatic nitrogens is 1. The van der Waals surface area contributed by atoms with E-state index in [0.717, 1.165) is 37.8 Å². The molecule has 0 spiro atoms. The first-order chi connectivity index (χ1) is 12.5. The maximum Gasteiger partial charge on any atom is 0.490 e. The van der Waals surface area contributed by atoms with E-state index in [1.165, 1.54) is 6.07 Å². The van der Waals surface area contributed by atoms with Crippen molar-refractivity contribution in [1.82, 2.24) is 10.3 Å². The number of alkyl halides is 3. The summed E-state index contributed by atoms with van der Waals surface area (Å²) in [5, 5.41) is 10.9. The van der Waals surface area contributed by atoms with E-state index in [1.54, 1.807) is 0 Å². The molecule has 2 N–H and O–H groups in total. The number of halogens is 6. The number of carboxylic acid groups (broad SMARTS) is 1. The first-order valence-electron chi connectivity index (χ1n) is 7.73. The molecule has 0 saturated carbocycles. The maximum atomic E-state index is 13.9. The molecule has 1 aromatic carbocycles. The molecule has 11 heteroatoms. The number of hydrogen-bond donors (Lipinski definition) is 2. The van der Waals surface area contributed by atoms with Crippen molar-refractivity contribution < 1.29 is 31.9 Å². The lowest BCUT2D eigenvalue weighted by Crippen LogP contribution is -2.44. The van der Waals surface area contributed by atoms with Crippen molar-refractivity contribution in [2.75, 3.05) is 31.1 Å². The number of rotatable bonds is 1. The molecule has 0 unspecified atom stereocenters. The van der Waals surface area contributed by atoms with Gasteiger partial charge < -0.3 is 15.3 Å². The normalized spacial score (nSPS) is 14.7. The van der Waals surface area contributed by atoms with Crippen molar-refractivity contribution in [3.63, 3.8) is 0 Å². The molecular weight excluding hydrogens is 397 g/mol. The predicted molar refractivity (Wildman–Crippen MR) is 90.2 cm³/mol. The Balaban J connectivity index is 0.000000321. The molecule has 3 rings (SSSR count). The molecule has 0 atom stereocenters. The van der Waals surface area contributed by atoms with Crippen LogP contribution in [0.1, 0.15) is 5.56 Å². The van der Waals surface area contributed by atoms with Crippen molar-refractivity contribution >= 4 is 34.3 Å². The molecule has 1 fully saturated rings. The highest BCUT2D eigenvalue weighted by atomic mass is 35.5. The molecule has 1 aliphatic rings. The molecule has 1 aromatic heterocycles. The van der Waals surface area contributed by atoms with E-state index >= 15 is 0 Å². The Morgan fingerprint density at radius 1 is 1.26 bits per heavy atom. The SMILES string of the molecule is Cc1c(N2CCNCC2)nc2cc(F)cc(F)c2c1Cl.O=C(O)C(F)(F)F. The zero-order valence-electron chi connectivity index (χ0n) is 14.0. The average Bonchev–Trinajstić information content (AvgIpc) is 2.58. The summed E-state index contributed by atoms with van der Waals surface area (Å²) in [7, 11) is 0. The number of nitrogens with zero attached hydrogens (tertiary/aromatic N) is 2. The predicted octanol–water partition coefficient (Wildman–Crippen LogP) is 3.52. The average molecular weight is 412 g/mol. The molecule has 148 valence electrons. The zero-order chi connectivity index (χ0) is 20.4. The number of anilines is 1. The molecule has 2 aromatic rings. The smallest absolute Gasteiger partial charge is 0.475 e. The summed E-state index contributed by atoms with van der Waals surface area (Å²) in [5.41, 5.74) is 0.984. The van der Waals surface area contributed by atoms with E-state index in [9.17, 15) is 22.0 Å². The van der Waals surface area contributed by atoms with E-state index in [-0.39, 0.29) is 10.9 Å². The van der Waals surface area contributed by atoms with Crippen LogP contribution in [-0.2, 0) is 4.79 Å². The Hall–Kier alpha value is -2.20. The number of nitrogens with one attached hydrogen (secondary N) is 1. The Labute approximate surface area is 155 Å². The van der Waals surface area contributed by atoms with Crippen molar-refractivity contribution in [2.45, 2.75) is 13.1 Å². The quantitative estimate of drug-likeness (QED) is 0.703. The fourth-order valence-electron chi connectivity index (χ4n) is 2.53. The van der Waals surface area contributed by atoms with Gasteiger partial charge >= 0.3 is 12.1 Å². The van der Waals surface area contributed by atoms with Gasteiger partial charge in [-0.2, -0.15) is 13.2 Å². The first kappa shape index (κ1) is 21.1. The van der Waals surface area contributed by atoms with Crippen LogP contribution < -0.4 is 10.2 Å². The number of benzene rings is 1. The summed E-state index contributed by atoms with van der Waals surface area (Å²) < 4.78 is 59.0. The van der Waals surface area contributed by atoms with Crippen LogP contribution in [0.5, 0.6) is 0 Å². The molecule has 0 radical (unpaired) electrons. The van der Waals surface area contributed by atoms with Crippen LogP contribution in [0, 0.1) is 18.6 Å². The van der Waals surface area contributed by atoms with Gasteiger partial charge in [-0.1, -0.05) is 11.6 Å². The lowest BCUT2D eigenvalue weighted by Gasteiger charge is -2.30. The van der Waals surface area contributed by atoms with Crippen LogP contribution in [-0.4, -0.2) is 48.4 Å². The molecular formula is C16H15ClF5N3O2. The largest absolute Gasteiger partial charge is 0.490 e. The molecule has 0 bridgehead atoms. The van der Waals surface area contributed by atoms with Gasteiger partial charge in [0.1, 0.15) is 17.5 Å².